The summed E-state index contributed by atoms with van der Waals surface area (Å²) in [6.07, 6.45) is 5.79. The van der Waals surface area contributed by atoms with Gasteiger partial charge in [0.2, 0.25) is 0 Å². The van der Waals surface area contributed by atoms with Gasteiger partial charge >= 0.3 is 0 Å². The minimum Gasteiger partial charge on any atom is -0.259 e. The molecule has 0 bridgehead atoms. The van der Waals surface area contributed by atoms with Crippen LogP contribution in [0.3, 0.4) is 0 Å². The van der Waals surface area contributed by atoms with Crippen LogP contribution in [-0.2, 0) is 0 Å². The van der Waals surface area contributed by atoms with Crippen molar-refractivity contribution in [3.05, 3.63) is 17.7 Å². The van der Waals surface area contributed by atoms with Gasteiger partial charge in [-0.3, -0.25) is 5.41 Å². The Morgan fingerprint density at radius 1 is 1.67 bits per heavy atom. The molecule has 0 spiro atoms. The van der Waals surface area contributed by atoms with Crippen molar-refractivity contribution < 1.29 is 0 Å². The predicted octanol–water partition coefficient (Wildman–Crippen LogP) is 2.54. The molecule has 0 atom stereocenters. The van der Waals surface area contributed by atoms with Crippen LogP contribution in [0.2, 0.25) is 0 Å². The Bertz CT molecular complexity index is 139. The number of rotatable bonds is 3. The summed E-state index contributed by atoms with van der Waals surface area (Å²) in [5, 5.41) is 6.61. The van der Waals surface area contributed by atoms with Gasteiger partial charge in [-0.05, 0) is 31.7 Å². The molecule has 1 N–H and O–H groups in total. The average Bonchev–Trinajstić information content (AvgIpc) is 1.91. The summed E-state index contributed by atoms with van der Waals surface area (Å²) < 4.78 is 0. The van der Waals surface area contributed by atoms with Gasteiger partial charge in [-0.2, -0.15) is 0 Å². The molecule has 0 heterocycles. The van der Waals surface area contributed by atoms with Crippen LogP contribution in [0.4, 0.5) is 0 Å². The van der Waals surface area contributed by atoms with E-state index in [1.54, 1.807) is 6.08 Å². The zero-order valence-corrected chi connectivity index (χ0v) is 6.07. The fraction of sp³-hybridized carbons (Fsp3) is 0.500. The smallest absolute Gasteiger partial charge is 0.00475 e. The summed E-state index contributed by atoms with van der Waals surface area (Å²) in [4.78, 5) is 0. The van der Waals surface area contributed by atoms with E-state index in [2.05, 4.69) is 18.9 Å². The second-order valence-electron chi connectivity index (χ2n) is 1.85. The van der Waals surface area contributed by atoms with E-state index in [1.807, 2.05) is 6.92 Å². The molecule has 0 saturated carbocycles. The topological polar surface area (TPSA) is 23.9 Å². The number of hydrogen-bond acceptors (Lipinski definition) is 1. The van der Waals surface area contributed by atoms with Crippen molar-refractivity contribution in [2.45, 2.75) is 26.7 Å². The van der Waals surface area contributed by atoms with Crippen molar-refractivity contribution in [3.8, 4) is 0 Å². The largest absolute Gasteiger partial charge is 0.259 e. The molecule has 9 heavy (non-hydrogen) atoms. The molecule has 0 amide bonds. The highest BCUT2D eigenvalue weighted by Crippen LogP contribution is 2.04. The van der Waals surface area contributed by atoms with E-state index in [-0.39, 0.29) is 0 Å². The summed E-state index contributed by atoms with van der Waals surface area (Å²) in [5.41, 5.74) is 1.37. The molecular formula is C8H13N. The van der Waals surface area contributed by atoms with Crippen LogP contribution in [0, 0.1) is 5.41 Å². The first-order valence-corrected chi connectivity index (χ1v) is 3.23. The van der Waals surface area contributed by atoms with E-state index in [0.717, 1.165) is 12.8 Å². The van der Waals surface area contributed by atoms with Crippen molar-refractivity contribution in [2.75, 3.05) is 0 Å². The van der Waals surface area contributed by atoms with Crippen LogP contribution in [0.5, 0.6) is 0 Å². The van der Waals surface area contributed by atoms with Gasteiger partial charge < -0.3 is 0 Å². The molecule has 50 valence electrons. The standard InChI is InChI=1S/C8H13N/c1-3-8(4-2)6-5-7-9/h3,5,9H,4,6H2,1-2H3/b8-3-. The van der Waals surface area contributed by atoms with E-state index in [1.165, 1.54) is 5.57 Å². The van der Waals surface area contributed by atoms with Crippen molar-refractivity contribution in [1.29, 1.82) is 5.41 Å². The number of nitrogens with one attached hydrogen (secondary N) is 1. The lowest BCUT2D eigenvalue weighted by atomic mass is 10.1. The first-order valence-electron chi connectivity index (χ1n) is 3.23. The summed E-state index contributed by atoms with van der Waals surface area (Å²) in [6, 6.07) is 0. The van der Waals surface area contributed by atoms with E-state index >= 15 is 0 Å². The molecule has 0 rings (SSSR count). The van der Waals surface area contributed by atoms with Crippen molar-refractivity contribution in [1.82, 2.24) is 0 Å². The van der Waals surface area contributed by atoms with Gasteiger partial charge in [0.15, 0.2) is 0 Å². The summed E-state index contributed by atoms with van der Waals surface area (Å²) >= 11 is 0. The van der Waals surface area contributed by atoms with Gasteiger partial charge in [0, 0.05) is 0 Å². The lowest BCUT2D eigenvalue weighted by molar-refractivity contribution is 1.03. The molecule has 0 aliphatic rings. The van der Waals surface area contributed by atoms with Gasteiger partial charge in [-0.1, -0.05) is 18.6 Å². The van der Waals surface area contributed by atoms with Crippen LogP contribution in [0.15, 0.2) is 17.7 Å². The summed E-state index contributed by atoms with van der Waals surface area (Å²) in [7, 11) is 0. The maximum Gasteiger partial charge on any atom is -0.00475 e. The molecule has 0 aliphatic heterocycles. The van der Waals surface area contributed by atoms with Gasteiger partial charge in [0.1, 0.15) is 0 Å². The van der Waals surface area contributed by atoms with Gasteiger partial charge in [0.25, 0.3) is 0 Å². The lowest BCUT2D eigenvalue weighted by Crippen LogP contribution is -1.75. The highest BCUT2D eigenvalue weighted by atomic mass is 14.3. The van der Waals surface area contributed by atoms with Crippen molar-refractivity contribution in [3.63, 3.8) is 0 Å². The number of hydrogen-bond donors (Lipinski definition) is 1. The lowest BCUT2D eigenvalue weighted by Gasteiger charge is -1.94. The van der Waals surface area contributed by atoms with Crippen LogP contribution >= 0.6 is 0 Å². The number of allylic oxidation sites excluding steroid dienone is 3. The van der Waals surface area contributed by atoms with Gasteiger partial charge in [-0.15, -0.1) is 0 Å². The zero-order valence-electron chi connectivity index (χ0n) is 6.07. The molecule has 0 radical (unpaired) electrons. The first-order chi connectivity index (χ1) is 4.35. The molecule has 1 heteroatoms. The van der Waals surface area contributed by atoms with E-state index < -0.39 is 0 Å². The molecule has 0 unspecified atom stereocenters. The third kappa shape index (κ3) is 3.75. The molecule has 0 aromatic heterocycles. The molecule has 0 aliphatic carbocycles. The van der Waals surface area contributed by atoms with E-state index in [0.29, 0.717) is 0 Å². The SMILES string of the molecule is C/C=C(/CC)CC=C=N. The maximum absolute atomic E-state index is 6.61. The second-order valence-corrected chi connectivity index (χ2v) is 1.85. The Balaban J connectivity index is 3.71. The Morgan fingerprint density at radius 3 is 2.67 bits per heavy atom. The maximum atomic E-state index is 6.61. The third-order valence-electron chi connectivity index (χ3n) is 1.33. The quantitative estimate of drug-likeness (QED) is 0.440. The van der Waals surface area contributed by atoms with Gasteiger partial charge in [-0.25, -0.2) is 0 Å². The van der Waals surface area contributed by atoms with Crippen LogP contribution < -0.4 is 0 Å². The fourth-order valence-electron chi connectivity index (χ4n) is 0.648. The zero-order chi connectivity index (χ0) is 7.11. The molecule has 1 nitrogen and oxygen atoms in total. The molecular weight excluding hydrogens is 110 g/mol. The first kappa shape index (κ1) is 8.19. The molecule has 0 fully saturated rings. The highest BCUT2D eigenvalue weighted by molar-refractivity contribution is 5.48. The minimum atomic E-state index is 0.885. The Labute approximate surface area is 56.6 Å². The highest BCUT2D eigenvalue weighted by Gasteiger charge is 1.85. The second kappa shape index (κ2) is 5.33. The molecule has 0 aromatic rings. The normalized spacial score (nSPS) is 10.7. The third-order valence-corrected chi connectivity index (χ3v) is 1.33. The van der Waals surface area contributed by atoms with Crippen molar-refractivity contribution in [2.24, 2.45) is 0 Å². The Morgan fingerprint density at radius 2 is 2.33 bits per heavy atom. The van der Waals surface area contributed by atoms with E-state index in [9.17, 15) is 0 Å². The Hall–Kier alpha value is -0.810. The Kier molecular flexibility index (Phi) is 4.85. The van der Waals surface area contributed by atoms with Crippen LogP contribution in [0.1, 0.15) is 26.7 Å². The molecule has 0 aromatic carbocycles. The van der Waals surface area contributed by atoms with Crippen LogP contribution in [-0.4, -0.2) is 5.87 Å². The molecule has 0 saturated heterocycles. The van der Waals surface area contributed by atoms with Crippen molar-refractivity contribution >= 4 is 5.87 Å². The fourth-order valence-corrected chi connectivity index (χ4v) is 0.648. The average molecular weight is 123 g/mol. The summed E-state index contributed by atoms with van der Waals surface area (Å²) in [5.74, 6) is 2.25. The predicted molar refractivity (Wildman–Crippen MR) is 41.0 cm³/mol. The van der Waals surface area contributed by atoms with E-state index in [4.69, 9.17) is 5.41 Å². The summed E-state index contributed by atoms with van der Waals surface area (Å²) in [6.45, 7) is 4.14. The van der Waals surface area contributed by atoms with Crippen LogP contribution in [0.25, 0.3) is 0 Å². The minimum absolute atomic E-state index is 0.885. The van der Waals surface area contributed by atoms with Gasteiger partial charge in [0.05, 0.1) is 0 Å². The monoisotopic (exact) mass is 123 g/mol.